The molecule has 0 N–H and O–H groups in total. The summed E-state index contributed by atoms with van der Waals surface area (Å²) in [5, 5.41) is 0. The summed E-state index contributed by atoms with van der Waals surface area (Å²) in [6.07, 6.45) is 3.54. The highest BCUT2D eigenvalue weighted by atomic mass is 19.1. The first kappa shape index (κ1) is 12.6. The van der Waals surface area contributed by atoms with Crippen LogP contribution in [-0.2, 0) is 16.0 Å². The van der Waals surface area contributed by atoms with Crippen molar-refractivity contribution in [2.45, 2.75) is 37.9 Å². The molecular weight excluding hydrogens is 247 g/mol. The SMILES string of the molecule is COc1ccc(CC(=O)C2CC3CCC2O3)cc1F. The fourth-order valence-corrected chi connectivity index (χ4v) is 3.13. The summed E-state index contributed by atoms with van der Waals surface area (Å²) < 4.78 is 24.1. The van der Waals surface area contributed by atoms with Gasteiger partial charge in [-0.15, -0.1) is 0 Å². The maximum Gasteiger partial charge on any atom is 0.165 e. The molecule has 3 rings (SSSR count). The van der Waals surface area contributed by atoms with Crippen molar-refractivity contribution in [2.75, 3.05) is 7.11 Å². The van der Waals surface area contributed by atoms with Gasteiger partial charge in [-0.25, -0.2) is 4.39 Å². The lowest BCUT2D eigenvalue weighted by molar-refractivity contribution is -0.123. The highest BCUT2D eigenvalue weighted by Gasteiger charge is 2.43. The van der Waals surface area contributed by atoms with Crippen LogP contribution in [0.1, 0.15) is 24.8 Å². The molecule has 1 aromatic rings. The van der Waals surface area contributed by atoms with Crippen molar-refractivity contribution in [2.24, 2.45) is 5.92 Å². The molecule has 2 saturated heterocycles. The maximum absolute atomic E-state index is 13.6. The molecule has 102 valence electrons. The summed E-state index contributed by atoms with van der Waals surface area (Å²) in [6, 6.07) is 4.69. The number of methoxy groups -OCH3 is 1. The van der Waals surface area contributed by atoms with Crippen LogP contribution in [0, 0.1) is 11.7 Å². The van der Waals surface area contributed by atoms with Gasteiger partial charge in [0.05, 0.1) is 19.3 Å². The van der Waals surface area contributed by atoms with E-state index in [0.717, 1.165) is 19.3 Å². The monoisotopic (exact) mass is 264 g/mol. The van der Waals surface area contributed by atoms with Gasteiger partial charge in [0, 0.05) is 12.3 Å². The molecule has 3 nitrogen and oxygen atoms in total. The van der Waals surface area contributed by atoms with Gasteiger partial charge >= 0.3 is 0 Å². The minimum absolute atomic E-state index is 0.00362. The molecule has 0 aromatic heterocycles. The van der Waals surface area contributed by atoms with Gasteiger partial charge in [-0.05, 0) is 37.0 Å². The van der Waals surface area contributed by atoms with Crippen LogP contribution in [0.2, 0.25) is 0 Å². The molecule has 0 amide bonds. The standard InChI is InChI=1S/C15H17FO3/c1-18-15-4-2-9(6-12(15)16)7-13(17)11-8-10-3-5-14(11)19-10/h2,4,6,10-11,14H,3,5,7-8H2,1H3. The Morgan fingerprint density at radius 3 is 2.89 bits per heavy atom. The second kappa shape index (κ2) is 4.93. The number of ketones is 1. The summed E-state index contributed by atoms with van der Waals surface area (Å²) in [6.45, 7) is 0. The molecule has 2 heterocycles. The van der Waals surface area contributed by atoms with Gasteiger partial charge < -0.3 is 9.47 Å². The molecule has 0 saturated carbocycles. The highest BCUT2D eigenvalue weighted by molar-refractivity contribution is 5.84. The lowest BCUT2D eigenvalue weighted by atomic mass is 9.84. The van der Waals surface area contributed by atoms with Gasteiger partial charge in [0.25, 0.3) is 0 Å². The van der Waals surface area contributed by atoms with Crippen LogP contribution in [0.3, 0.4) is 0 Å². The molecule has 3 unspecified atom stereocenters. The first-order valence-electron chi connectivity index (χ1n) is 6.68. The first-order valence-corrected chi connectivity index (χ1v) is 6.68. The smallest absolute Gasteiger partial charge is 0.165 e. The number of carbonyl (C=O) groups is 1. The summed E-state index contributed by atoms with van der Waals surface area (Å²) in [5.41, 5.74) is 0.700. The third kappa shape index (κ3) is 2.37. The van der Waals surface area contributed by atoms with Crippen molar-refractivity contribution in [3.05, 3.63) is 29.6 Å². The largest absolute Gasteiger partial charge is 0.494 e. The van der Waals surface area contributed by atoms with Gasteiger partial charge in [-0.2, -0.15) is 0 Å². The number of Topliss-reactive ketones (excluding diaryl/α,β-unsaturated/α-hetero) is 1. The third-order valence-corrected chi connectivity index (χ3v) is 4.11. The topological polar surface area (TPSA) is 35.5 Å². The van der Waals surface area contributed by atoms with Crippen molar-refractivity contribution in [1.29, 1.82) is 0 Å². The molecule has 19 heavy (non-hydrogen) atoms. The molecule has 2 aliphatic rings. The fraction of sp³-hybridized carbons (Fsp3) is 0.533. The van der Waals surface area contributed by atoms with Crippen LogP contribution in [0.15, 0.2) is 18.2 Å². The van der Waals surface area contributed by atoms with Crippen LogP contribution in [0.4, 0.5) is 4.39 Å². The Bertz CT molecular complexity index is 500. The Balaban J connectivity index is 1.68. The molecule has 3 atom stereocenters. The number of carbonyl (C=O) groups excluding carboxylic acids is 1. The molecular formula is C15H17FO3. The van der Waals surface area contributed by atoms with E-state index in [2.05, 4.69) is 0 Å². The lowest BCUT2D eigenvalue weighted by Crippen LogP contribution is -2.26. The molecule has 1 aromatic carbocycles. The number of hydrogen-bond acceptors (Lipinski definition) is 3. The number of halogens is 1. The van der Waals surface area contributed by atoms with E-state index < -0.39 is 5.82 Å². The number of benzene rings is 1. The highest BCUT2D eigenvalue weighted by Crippen LogP contribution is 2.39. The number of ether oxygens (including phenoxy) is 2. The molecule has 0 spiro atoms. The van der Waals surface area contributed by atoms with Crippen LogP contribution in [-0.4, -0.2) is 25.1 Å². The molecule has 0 radical (unpaired) electrons. The molecule has 4 heteroatoms. The zero-order chi connectivity index (χ0) is 13.4. The predicted molar refractivity (Wildman–Crippen MR) is 67.7 cm³/mol. The minimum Gasteiger partial charge on any atom is -0.494 e. The number of rotatable bonds is 4. The quantitative estimate of drug-likeness (QED) is 0.838. The van der Waals surface area contributed by atoms with Gasteiger partial charge in [0.2, 0.25) is 0 Å². The van der Waals surface area contributed by atoms with E-state index in [1.54, 1.807) is 12.1 Å². The Labute approximate surface area is 111 Å². The summed E-state index contributed by atoms with van der Waals surface area (Å²) >= 11 is 0. The van der Waals surface area contributed by atoms with E-state index in [0.29, 0.717) is 5.56 Å². The molecule has 2 fully saturated rings. The minimum atomic E-state index is -0.419. The van der Waals surface area contributed by atoms with Gasteiger partial charge in [0.15, 0.2) is 11.6 Å². The zero-order valence-corrected chi connectivity index (χ0v) is 10.9. The van der Waals surface area contributed by atoms with E-state index in [9.17, 15) is 9.18 Å². The van der Waals surface area contributed by atoms with Gasteiger partial charge in [-0.3, -0.25) is 4.79 Å². The van der Waals surface area contributed by atoms with Crippen molar-refractivity contribution < 1.29 is 18.7 Å². The predicted octanol–water partition coefficient (Wildman–Crippen LogP) is 2.51. The van der Waals surface area contributed by atoms with E-state index in [1.807, 2.05) is 0 Å². The van der Waals surface area contributed by atoms with Crippen molar-refractivity contribution >= 4 is 5.78 Å². The van der Waals surface area contributed by atoms with Gasteiger partial charge in [0.1, 0.15) is 5.78 Å². The van der Waals surface area contributed by atoms with Crippen molar-refractivity contribution in [3.8, 4) is 5.75 Å². The number of fused-ring (bicyclic) bond motifs is 2. The maximum atomic E-state index is 13.6. The van der Waals surface area contributed by atoms with Crippen molar-refractivity contribution in [1.82, 2.24) is 0 Å². The average Bonchev–Trinajstić information content (AvgIpc) is 3.01. The average molecular weight is 264 g/mol. The van der Waals surface area contributed by atoms with E-state index in [-0.39, 0.29) is 36.1 Å². The number of hydrogen-bond donors (Lipinski definition) is 0. The molecule has 2 aliphatic heterocycles. The van der Waals surface area contributed by atoms with Crippen LogP contribution < -0.4 is 4.74 Å². The van der Waals surface area contributed by atoms with Crippen LogP contribution in [0.25, 0.3) is 0 Å². The van der Waals surface area contributed by atoms with Gasteiger partial charge in [-0.1, -0.05) is 6.07 Å². The Morgan fingerprint density at radius 2 is 2.32 bits per heavy atom. The Morgan fingerprint density at radius 1 is 1.47 bits per heavy atom. The summed E-state index contributed by atoms with van der Waals surface area (Å²) in [4.78, 5) is 12.2. The van der Waals surface area contributed by atoms with Crippen LogP contribution >= 0.6 is 0 Å². The summed E-state index contributed by atoms with van der Waals surface area (Å²) in [5.74, 6) is -0.0443. The van der Waals surface area contributed by atoms with Crippen LogP contribution in [0.5, 0.6) is 5.75 Å². The third-order valence-electron chi connectivity index (χ3n) is 4.11. The fourth-order valence-electron chi connectivity index (χ4n) is 3.13. The first-order chi connectivity index (χ1) is 9.17. The second-order valence-electron chi connectivity index (χ2n) is 5.33. The van der Waals surface area contributed by atoms with Crippen molar-refractivity contribution in [3.63, 3.8) is 0 Å². The van der Waals surface area contributed by atoms with E-state index in [1.165, 1.54) is 13.2 Å². The Kier molecular flexibility index (Phi) is 3.27. The zero-order valence-electron chi connectivity index (χ0n) is 10.9. The summed E-state index contributed by atoms with van der Waals surface area (Å²) in [7, 11) is 1.43. The van der Waals surface area contributed by atoms with E-state index in [4.69, 9.17) is 9.47 Å². The lowest BCUT2D eigenvalue weighted by Gasteiger charge is -2.17. The normalized spacial score (nSPS) is 28.6. The Hall–Kier alpha value is -1.42. The molecule has 2 bridgehead atoms. The molecule has 0 aliphatic carbocycles. The second-order valence-corrected chi connectivity index (χ2v) is 5.33. The van der Waals surface area contributed by atoms with E-state index >= 15 is 0 Å².